The number of carbonyl (C=O) groups is 3. The normalized spacial score (nSPS) is 13.2. The molecule has 7 aromatic carbocycles. The van der Waals surface area contributed by atoms with Gasteiger partial charge in [-0.15, -0.1) is 12.4 Å². The van der Waals surface area contributed by atoms with Gasteiger partial charge in [0.1, 0.15) is 18.6 Å². The Morgan fingerprint density at radius 2 is 1.01 bits per heavy atom. The second kappa shape index (κ2) is 44.5. The molecular weight excluding hydrogens is 1550 g/mol. The number of thiazole rings is 1. The molecule has 0 bridgehead atoms. The van der Waals surface area contributed by atoms with Crippen molar-refractivity contribution in [2.45, 2.75) is 117 Å². The molecule has 10 aromatic rings. The van der Waals surface area contributed by atoms with Crippen LogP contribution in [-0.4, -0.2) is 85.9 Å². The first kappa shape index (κ1) is 88.1. The smallest absolute Gasteiger partial charge is 0.225 e. The average Bonchev–Trinajstić information content (AvgIpc) is 1.60. The van der Waals surface area contributed by atoms with Crippen LogP contribution in [0, 0.1) is 20.8 Å². The van der Waals surface area contributed by atoms with E-state index in [1.165, 1.54) is 96.1 Å². The number of aliphatic hydroxyl groups is 1. The molecule has 12 rings (SSSR count). The highest BCUT2D eigenvalue weighted by molar-refractivity contribution is 7.09. The van der Waals surface area contributed by atoms with Crippen molar-refractivity contribution < 1.29 is 41.0 Å². The van der Waals surface area contributed by atoms with Crippen LogP contribution in [0.5, 0.6) is 0 Å². The second-order valence-corrected chi connectivity index (χ2v) is 40.5. The summed E-state index contributed by atoms with van der Waals surface area (Å²) in [6.07, 6.45) is 2.16. The summed E-state index contributed by atoms with van der Waals surface area (Å²) < 4.78 is 6.76. The first-order valence-electron chi connectivity index (χ1n) is 33.1. The highest BCUT2D eigenvalue weighted by atomic mass is 79.9. The van der Waals surface area contributed by atoms with Crippen LogP contribution >= 0.6 is 105 Å². The predicted octanol–water partition coefficient (Wildman–Crippen LogP) is 19.6. The number of nitrogens with zero attached hydrogens (tertiary/aromatic N) is 4. The number of hydrogen-bond donors (Lipinski definition) is 3. The minimum absolute atomic E-state index is 0. The maximum absolute atomic E-state index is 11.5. The van der Waals surface area contributed by atoms with Gasteiger partial charge in [-0.1, -0.05) is 155 Å². The Hall–Kier alpha value is -5.35. The largest absolute Gasteiger partial charge is 1.00 e. The lowest BCUT2D eigenvalue weighted by molar-refractivity contribution is -0.694. The Bertz CT molecular complexity index is 4080. The van der Waals surface area contributed by atoms with Gasteiger partial charge >= 0.3 is 0 Å². The number of nitrogens with two attached hydrogens (primary N) is 1. The fourth-order valence-electron chi connectivity index (χ4n) is 10.7. The summed E-state index contributed by atoms with van der Waals surface area (Å²) in [6, 6.07) is 64.7. The molecule has 4 N–H and O–H groups in total. The fourth-order valence-corrected chi connectivity index (χ4v) is 16.7. The zero-order chi connectivity index (χ0) is 72.2. The molecule has 0 aliphatic carbocycles. The maximum Gasteiger partial charge on any atom is 0.225 e. The van der Waals surface area contributed by atoms with Gasteiger partial charge in [0.25, 0.3) is 0 Å². The Morgan fingerprint density at radius 3 is 1.43 bits per heavy atom. The third-order valence-corrected chi connectivity index (χ3v) is 26.3. The van der Waals surface area contributed by atoms with Crippen LogP contribution in [0.2, 0.25) is 85.5 Å². The Morgan fingerprint density at radius 1 is 0.584 bits per heavy atom. The third kappa shape index (κ3) is 30.0. The molecule has 2 fully saturated rings. The van der Waals surface area contributed by atoms with E-state index in [1.807, 2.05) is 72.8 Å². The van der Waals surface area contributed by atoms with Crippen molar-refractivity contribution in [3.05, 3.63) is 267 Å². The monoisotopic (exact) mass is 1640 g/mol. The highest BCUT2D eigenvalue weighted by Gasteiger charge is 2.28. The number of rotatable bonds is 14. The molecule has 0 saturated carbocycles. The number of benzene rings is 7. The number of aromatic nitrogens is 3. The van der Waals surface area contributed by atoms with E-state index in [4.69, 9.17) is 92.0 Å². The number of Topliss-reactive ketones (excluding diaryl/α,β-unsaturated/α-hetero) is 2. The SMILES string of the molecule is CC(=O)CCC(=O)c1ccc(Cl)cc1.CC[n+]1csc(CCO)c1C.C[Si]1(C)CCNCC1.Cc1c(CN2CC[Si](C)(C)CC2)cc(-c2ccc(Cl)cc2)n1-c1ccc(Cl)cc1.Cc1ccc(-c2ccc(Cl)cc2)n1-c1ccc(Cl)cc1.Cl.Nc1ccc(Cl)cc1.O=Cc1ccc(Cl)cc1.[Br-]. The Balaban J connectivity index is 0.000000264. The van der Waals surface area contributed by atoms with Crippen molar-refractivity contribution in [3.8, 4) is 33.9 Å². The van der Waals surface area contributed by atoms with Crippen LogP contribution in [-0.2, 0) is 24.3 Å². The molecule has 10 nitrogen and oxygen atoms in total. The van der Waals surface area contributed by atoms with Gasteiger partial charge in [-0.2, -0.15) is 4.57 Å². The molecule has 5 heterocycles. The van der Waals surface area contributed by atoms with Gasteiger partial charge in [0.2, 0.25) is 5.51 Å². The number of nitrogens with one attached hydrogen (secondary N) is 1. The molecule has 2 aliphatic rings. The lowest BCUT2D eigenvalue weighted by Gasteiger charge is -2.35. The number of aldehydes is 1. The summed E-state index contributed by atoms with van der Waals surface area (Å²) in [6.45, 7) is 27.3. The van der Waals surface area contributed by atoms with E-state index < -0.39 is 16.1 Å². The van der Waals surface area contributed by atoms with E-state index in [2.05, 4.69) is 126 Å². The minimum Gasteiger partial charge on any atom is -1.00 e. The van der Waals surface area contributed by atoms with E-state index in [0.717, 1.165) is 79.2 Å². The van der Waals surface area contributed by atoms with Crippen molar-refractivity contribution >= 4 is 145 Å². The lowest BCUT2D eigenvalue weighted by Crippen LogP contribution is -3.00. The summed E-state index contributed by atoms with van der Waals surface area (Å²) in [5.41, 5.74) is 21.5. The Labute approximate surface area is 656 Å². The van der Waals surface area contributed by atoms with Crippen molar-refractivity contribution in [1.82, 2.24) is 19.4 Å². The summed E-state index contributed by atoms with van der Waals surface area (Å²) in [4.78, 5) is 36.1. The minimum atomic E-state index is -0.957. The fraction of sp³-hybridized carbons (Fsp3) is 0.291. The summed E-state index contributed by atoms with van der Waals surface area (Å²) >= 11 is 42.7. The average molecular weight is 1640 g/mol. The molecule has 0 spiro atoms. The maximum atomic E-state index is 11.5. The molecule has 3 aromatic heterocycles. The van der Waals surface area contributed by atoms with Crippen LogP contribution in [0.4, 0.5) is 5.69 Å². The van der Waals surface area contributed by atoms with E-state index in [9.17, 15) is 14.4 Å². The number of carbonyl (C=O) groups excluding carboxylic acids is 3. The molecule has 22 heteroatoms. The van der Waals surface area contributed by atoms with E-state index >= 15 is 0 Å². The number of hydrogen-bond acceptors (Lipinski definition) is 8. The molecule has 0 amide bonds. The first-order valence-corrected chi connectivity index (χ1v) is 43.5. The molecular formula is C79H93BrCl8N6O4SSi2. The van der Waals surface area contributed by atoms with Gasteiger partial charge in [0.05, 0.1) is 16.3 Å². The van der Waals surface area contributed by atoms with E-state index in [1.54, 1.807) is 84.1 Å². The van der Waals surface area contributed by atoms with Gasteiger partial charge < -0.3 is 47.1 Å². The molecule has 540 valence electrons. The van der Waals surface area contributed by atoms with Crippen LogP contribution in [0.1, 0.15) is 74.9 Å². The molecule has 2 aliphatic heterocycles. The molecule has 0 atom stereocenters. The number of nitrogen functional groups attached to an aromatic ring is 1. The summed E-state index contributed by atoms with van der Waals surface area (Å²) in [5, 5.41) is 17.1. The predicted molar refractivity (Wildman–Crippen MR) is 436 cm³/mol. The van der Waals surface area contributed by atoms with Crippen molar-refractivity contribution in [3.63, 3.8) is 0 Å². The topological polar surface area (TPSA) is 126 Å². The van der Waals surface area contributed by atoms with Gasteiger partial charge in [-0.25, -0.2) is 0 Å². The molecule has 101 heavy (non-hydrogen) atoms. The highest BCUT2D eigenvalue weighted by Crippen LogP contribution is 2.34. The number of anilines is 1. The summed E-state index contributed by atoms with van der Waals surface area (Å²) in [7, 11) is -1.61. The quantitative estimate of drug-likeness (QED) is 0.0325. The molecule has 0 radical (unpaired) electrons. The molecule has 2 saturated heterocycles. The number of halogens is 9. The Kier molecular flexibility index (Phi) is 38.8. The standard InChI is InChI=1S/C24H28Cl2N2Si.C17H13Cl2N.C11H11ClO2.C8H14NOS.C7H5ClO.C6H6ClN.C6H15NSi.BrH.ClH/c1-18-20(17-27-12-14-29(2,3)15-13-27)16-24(19-4-6-21(25)7-5-19)28(18)23-10-8-22(26)9-11-23;1-12-2-11-17(13-3-5-14(18)6-4-13)20(12)16-9-7-15(19)8-10-16;1-8(13)2-7-11(14)9-3-5-10(12)6-4-9;1-3-9-6-11-8(4-5-10)7(9)2;8-7-3-1-6(5-9)2-4-7;7-5-1-3-6(8)4-2-5;1-8(2)5-3-7-4-6-8;;/h4-11,16H,12-15,17H2,1-3H3;2-11H,1H3;3-6H,2,7H2,1H3;6,10H,3-5H2,1-2H3;1-5H;1-4H,8H2;7H,3-6H2,1-2H3;2*1H/q;;;+1;;;;;/p-1. The van der Waals surface area contributed by atoms with Gasteiger partial charge in [-0.3, -0.25) is 14.5 Å². The van der Waals surface area contributed by atoms with Crippen LogP contribution in [0.15, 0.2) is 194 Å². The van der Waals surface area contributed by atoms with Crippen molar-refractivity contribution in [1.29, 1.82) is 0 Å². The second-order valence-electron chi connectivity index (χ2n) is 25.8. The lowest BCUT2D eigenvalue weighted by atomic mass is 10.1. The number of ketones is 2. The van der Waals surface area contributed by atoms with Crippen LogP contribution < -0.4 is 32.6 Å². The van der Waals surface area contributed by atoms with Crippen LogP contribution in [0.25, 0.3) is 33.9 Å². The number of aliphatic hydroxyl groups excluding tert-OH is 1. The van der Waals surface area contributed by atoms with Crippen molar-refractivity contribution in [2.75, 3.05) is 38.5 Å². The third-order valence-electron chi connectivity index (χ3n) is 17.0. The first-order chi connectivity index (χ1) is 47.2. The van der Waals surface area contributed by atoms with Gasteiger partial charge in [0.15, 0.2) is 11.5 Å². The number of aryl methyl sites for hydroxylation is 2. The zero-order valence-corrected chi connectivity index (χ0v) is 69.3. The summed E-state index contributed by atoms with van der Waals surface area (Å²) in [5.74, 6) is 0.0178. The van der Waals surface area contributed by atoms with E-state index in [-0.39, 0.29) is 54.0 Å². The van der Waals surface area contributed by atoms with Gasteiger partial charge in [-0.05, 0) is 246 Å². The van der Waals surface area contributed by atoms with Crippen LogP contribution in [0.3, 0.4) is 0 Å². The molecule has 0 unspecified atom stereocenters. The van der Waals surface area contributed by atoms with E-state index in [0.29, 0.717) is 27.6 Å². The van der Waals surface area contributed by atoms with Crippen molar-refractivity contribution in [2.24, 2.45) is 0 Å². The van der Waals surface area contributed by atoms with Gasteiger partial charge in [0, 0.05) is 130 Å². The zero-order valence-electron chi connectivity index (χ0n) is 58.8.